The second kappa shape index (κ2) is 4.76. The van der Waals surface area contributed by atoms with E-state index in [0.717, 1.165) is 25.1 Å². The molecule has 0 radical (unpaired) electrons. The van der Waals surface area contributed by atoms with Gasteiger partial charge in [0.1, 0.15) is 5.76 Å². The van der Waals surface area contributed by atoms with Crippen LogP contribution in [0, 0.1) is 6.92 Å². The molecule has 0 atom stereocenters. The Labute approximate surface area is 111 Å². The predicted octanol–water partition coefficient (Wildman–Crippen LogP) is 2.59. The maximum Gasteiger partial charge on any atom is 0.256 e. The largest absolute Gasteiger partial charge is 0.385 e. The molecule has 1 aromatic carbocycles. The van der Waals surface area contributed by atoms with Crippen molar-refractivity contribution in [2.75, 3.05) is 17.2 Å². The second-order valence-electron chi connectivity index (χ2n) is 4.68. The lowest BCUT2D eigenvalue weighted by Gasteiger charge is -2.18. The molecule has 98 valence electrons. The van der Waals surface area contributed by atoms with Gasteiger partial charge in [0.2, 0.25) is 0 Å². The molecule has 0 fully saturated rings. The number of rotatable bonds is 2. The van der Waals surface area contributed by atoms with Crippen LogP contribution in [0.3, 0.4) is 0 Å². The minimum atomic E-state index is -0.165. The number of carbonyl (C=O) groups excluding carboxylic acids is 1. The third-order valence-corrected chi connectivity index (χ3v) is 3.18. The highest BCUT2D eigenvalue weighted by atomic mass is 16.5. The van der Waals surface area contributed by atoms with Gasteiger partial charge >= 0.3 is 0 Å². The molecule has 2 N–H and O–H groups in total. The molecule has 2 heterocycles. The monoisotopic (exact) mass is 257 g/mol. The van der Waals surface area contributed by atoms with Gasteiger partial charge in [0, 0.05) is 23.9 Å². The van der Waals surface area contributed by atoms with Gasteiger partial charge in [-0.2, -0.15) is 0 Å². The SMILES string of the molecule is Cc1cc(NC(=O)c2ccc3c(c2)CCCN3)no1. The number of carbonyl (C=O) groups is 1. The van der Waals surface area contributed by atoms with E-state index in [-0.39, 0.29) is 5.91 Å². The van der Waals surface area contributed by atoms with Gasteiger partial charge in [0.15, 0.2) is 5.82 Å². The number of nitrogens with zero attached hydrogens (tertiary/aromatic N) is 1. The van der Waals surface area contributed by atoms with Crippen LogP contribution < -0.4 is 10.6 Å². The van der Waals surface area contributed by atoms with E-state index in [4.69, 9.17) is 4.52 Å². The molecule has 0 unspecified atom stereocenters. The predicted molar refractivity (Wildman–Crippen MR) is 72.4 cm³/mol. The molecule has 3 rings (SSSR count). The van der Waals surface area contributed by atoms with Gasteiger partial charge < -0.3 is 15.2 Å². The van der Waals surface area contributed by atoms with E-state index < -0.39 is 0 Å². The summed E-state index contributed by atoms with van der Waals surface area (Å²) in [6.07, 6.45) is 2.10. The van der Waals surface area contributed by atoms with Crippen molar-refractivity contribution in [2.24, 2.45) is 0 Å². The van der Waals surface area contributed by atoms with Crippen LogP contribution in [0.2, 0.25) is 0 Å². The van der Waals surface area contributed by atoms with Crippen LogP contribution in [0.4, 0.5) is 11.5 Å². The van der Waals surface area contributed by atoms with Gasteiger partial charge in [-0.15, -0.1) is 0 Å². The number of fused-ring (bicyclic) bond motifs is 1. The van der Waals surface area contributed by atoms with E-state index >= 15 is 0 Å². The Morgan fingerprint density at radius 2 is 2.32 bits per heavy atom. The second-order valence-corrected chi connectivity index (χ2v) is 4.68. The molecule has 0 saturated heterocycles. The highest BCUT2D eigenvalue weighted by molar-refractivity contribution is 6.04. The van der Waals surface area contributed by atoms with Gasteiger partial charge in [0.25, 0.3) is 5.91 Å². The van der Waals surface area contributed by atoms with E-state index in [2.05, 4.69) is 15.8 Å². The third kappa shape index (κ3) is 2.45. The van der Waals surface area contributed by atoms with Crippen LogP contribution in [0.5, 0.6) is 0 Å². The lowest BCUT2D eigenvalue weighted by Crippen LogP contribution is -2.15. The Morgan fingerprint density at radius 3 is 3.11 bits per heavy atom. The fourth-order valence-electron chi connectivity index (χ4n) is 2.23. The number of benzene rings is 1. The van der Waals surface area contributed by atoms with Crippen LogP contribution >= 0.6 is 0 Å². The summed E-state index contributed by atoms with van der Waals surface area (Å²) in [5.41, 5.74) is 2.96. The van der Waals surface area contributed by atoms with Crippen molar-refractivity contribution in [2.45, 2.75) is 19.8 Å². The fraction of sp³-hybridized carbons (Fsp3) is 0.286. The number of hydrogen-bond acceptors (Lipinski definition) is 4. The Bertz CT molecular complexity index is 619. The average Bonchev–Trinajstić information content (AvgIpc) is 2.83. The van der Waals surface area contributed by atoms with Crippen molar-refractivity contribution in [3.05, 3.63) is 41.2 Å². The summed E-state index contributed by atoms with van der Waals surface area (Å²) in [5.74, 6) is 0.949. The molecule has 0 spiro atoms. The van der Waals surface area contributed by atoms with Crippen LogP contribution in [-0.4, -0.2) is 17.6 Å². The Kier molecular flexibility index (Phi) is 2.95. The zero-order valence-electron chi connectivity index (χ0n) is 10.7. The van der Waals surface area contributed by atoms with Crippen LogP contribution in [0.1, 0.15) is 28.1 Å². The highest BCUT2D eigenvalue weighted by Crippen LogP contribution is 2.23. The summed E-state index contributed by atoms with van der Waals surface area (Å²) >= 11 is 0. The van der Waals surface area contributed by atoms with Crippen molar-refractivity contribution in [1.82, 2.24) is 5.16 Å². The molecule has 0 bridgehead atoms. The summed E-state index contributed by atoms with van der Waals surface area (Å²) in [6.45, 7) is 2.78. The molecule has 0 saturated carbocycles. The summed E-state index contributed by atoms with van der Waals surface area (Å²) < 4.78 is 4.92. The topological polar surface area (TPSA) is 67.2 Å². The summed E-state index contributed by atoms with van der Waals surface area (Å²) in [7, 11) is 0. The van der Waals surface area contributed by atoms with Crippen molar-refractivity contribution in [3.63, 3.8) is 0 Å². The number of amides is 1. The molecular weight excluding hydrogens is 242 g/mol. The third-order valence-electron chi connectivity index (χ3n) is 3.18. The van der Waals surface area contributed by atoms with Gasteiger partial charge in [-0.05, 0) is 43.5 Å². The smallest absolute Gasteiger partial charge is 0.256 e. The Morgan fingerprint density at radius 1 is 1.42 bits per heavy atom. The van der Waals surface area contributed by atoms with Gasteiger partial charge in [0.05, 0.1) is 0 Å². The first kappa shape index (κ1) is 11.8. The van der Waals surface area contributed by atoms with Crippen molar-refractivity contribution >= 4 is 17.4 Å². The fourth-order valence-corrected chi connectivity index (χ4v) is 2.23. The molecule has 5 heteroatoms. The number of hydrogen-bond donors (Lipinski definition) is 2. The van der Waals surface area contributed by atoms with Gasteiger partial charge in [-0.1, -0.05) is 5.16 Å². The number of anilines is 2. The minimum absolute atomic E-state index is 0.165. The molecule has 2 aromatic rings. The number of aryl methyl sites for hydroxylation is 2. The maximum absolute atomic E-state index is 12.1. The summed E-state index contributed by atoms with van der Waals surface area (Å²) in [6, 6.07) is 7.40. The molecule has 1 amide bonds. The zero-order chi connectivity index (χ0) is 13.2. The average molecular weight is 257 g/mol. The molecule has 1 aliphatic heterocycles. The van der Waals surface area contributed by atoms with Gasteiger partial charge in [-0.25, -0.2) is 0 Å². The van der Waals surface area contributed by atoms with Gasteiger partial charge in [-0.3, -0.25) is 4.79 Å². The lowest BCUT2D eigenvalue weighted by atomic mass is 10.0. The first-order valence-corrected chi connectivity index (χ1v) is 6.34. The normalized spacial score (nSPS) is 13.5. The van der Waals surface area contributed by atoms with Crippen molar-refractivity contribution in [1.29, 1.82) is 0 Å². The molecule has 1 aromatic heterocycles. The summed E-state index contributed by atoms with van der Waals surface area (Å²) in [4.78, 5) is 12.1. The molecule has 1 aliphatic rings. The molecule has 0 aliphatic carbocycles. The standard InChI is InChI=1S/C14H15N3O2/c1-9-7-13(17-19-9)16-14(18)11-4-5-12-10(8-11)3-2-6-15-12/h4-5,7-8,15H,2-3,6H2,1H3,(H,16,17,18). The summed E-state index contributed by atoms with van der Waals surface area (Å²) in [5, 5.41) is 9.79. The van der Waals surface area contributed by atoms with E-state index in [9.17, 15) is 4.79 Å². The lowest BCUT2D eigenvalue weighted by molar-refractivity contribution is 0.102. The Hall–Kier alpha value is -2.30. The van der Waals surface area contributed by atoms with Crippen molar-refractivity contribution in [3.8, 4) is 0 Å². The van der Waals surface area contributed by atoms with E-state index in [0.29, 0.717) is 17.1 Å². The Balaban J connectivity index is 1.80. The minimum Gasteiger partial charge on any atom is -0.385 e. The van der Waals surface area contributed by atoms with Crippen molar-refractivity contribution < 1.29 is 9.32 Å². The maximum atomic E-state index is 12.1. The van der Waals surface area contributed by atoms with E-state index in [1.807, 2.05) is 18.2 Å². The quantitative estimate of drug-likeness (QED) is 0.867. The first-order chi connectivity index (χ1) is 9.22. The van der Waals surface area contributed by atoms with E-state index in [1.54, 1.807) is 13.0 Å². The van der Waals surface area contributed by atoms with E-state index in [1.165, 1.54) is 5.56 Å². The molecule has 5 nitrogen and oxygen atoms in total. The molecule has 19 heavy (non-hydrogen) atoms. The van der Waals surface area contributed by atoms with Crippen LogP contribution in [0.25, 0.3) is 0 Å². The number of nitrogens with one attached hydrogen (secondary N) is 2. The zero-order valence-corrected chi connectivity index (χ0v) is 10.7. The molecular formula is C14H15N3O2. The number of aromatic nitrogens is 1. The highest BCUT2D eigenvalue weighted by Gasteiger charge is 2.13. The van der Waals surface area contributed by atoms with Crippen LogP contribution in [0.15, 0.2) is 28.8 Å². The van der Waals surface area contributed by atoms with Crippen LogP contribution in [-0.2, 0) is 6.42 Å². The first-order valence-electron chi connectivity index (χ1n) is 6.34.